The largest absolute Gasteiger partial charge is 0.365 e. The van der Waals surface area contributed by atoms with Crippen molar-refractivity contribution in [3.63, 3.8) is 0 Å². The van der Waals surface area contributed by atoms with Crippen LogP contribution in [0.5, 0.6) is 0 Å². The zero-order chi connectivity index (χ0) is 17.6. The summed E-state index contributed by atoms with van der Waals surface area (Å²) >= 11 is 0. The molecule has 1 unspecified atom stereocenters. The van der Waals surface area contributed by atoms with Crippen LogP contribution in [-0.4, -0.2) is 49.6 Å². The minimum atomic E-state index is -0.254. The summed E-state index contributed by atoms with van der Waals surface area (Å²) in [6.07, 6.45) is 3.35. The van der Waals surface area contributed by atoms with Crippen molar-refractivity contribution in [3.05, 3.63) is 35.4 Å². The fraction of sp³-hybridized carbons (Fsp3) is 0.500. The number of ether oxygens (including phenoxy) is 1. The summed E-state index contributed by atoms with van der Waals surface area (Å²) in [5.41, 5.74) is 1.80. The minimum absolute atomic E-state index is 0.104. The Labute approximate surface area is 148 Å². The predicted molar refractivity (Wildman–Crippen MR) is 94.9 cm³/mol. The molecule has 2 aliphatic rings. The molecule has 1 N–H and O–H groups in total. The Morgan fingerprint density at radius 2 is 2.04 bits per heavy atom. The Hall–Kier alpha value is -2.16. The van der Waals surface area contributed by atoms with Crippen LogP contribution < -0.4 is 5.32 Å². The van der Waals surface area contributed by atoms with Crippen molar-refractivity contribution in [3.8, 4) is 11.8 Å². The summed E-state index contributed by atoms with van der Waals surface area (Å²) in [6.45, 7) is 2.44. The van der Waals surface area contributed by atoms with Gasteiger partial charge in [-0.2, -0.15) is 0 Å². The minimum Gasteiger partial charge on any atom is -0.365 e. The maximum Gasteiger partial charge on any atom is 0.236 e. The Morgan fingerprint density at radius 3 is 2.84 bits per heavy atom. The van der Waals surface area contributed by atoms with Crippen LogP contribution >= 0.6 is 0 Å². The van der Waals surface area contributed by atoms with Gasteiger partial charge < -0.3 is 10.1 Å². The van der Waals surface area contributed by atoms with E-state index in [1.165, 1.54) is 4.90 Å². The standard InChI is InChI=1S/C20H24N2O3/c1-22-19(23)8-7-18(20(22)24)16-6-2-4-15(14-16)5-3-13-25-17-9-11-21-12-10-17/h2,4,6,14,17-18,21H,7-13H2,1H3. The molecule has 1 aromatic rings. The number of piperidine rings is 2. The first-order chi connectivity index (χ1) is 12.1. The van der Waals surface area contributed by atoms with E-state index in [-0.39, 0.29) is 17.7 Å². The van der Waals surface area contributed by atoms with Gasteiger partial charge >= 0.3 is 0 Å². The average molecular weight is 340 g/mol. The molecule has 2 aliphatic heterocycles. The van der Waals surface area contributed by atoms with Crippen LogP contribution in [0.25, 0.3) is 0 Å². The van der Waals surface area contributed by atoms with E-state index in [1.54, 1.807) is 7.05 Å². The number of hydrogen-bond acceptors (Lipinski definition) is 4. The second-order valence-corrected chi connectivity index (χ2v) is 6.57. The van der Waals surface area contributed by atoms with Gasteiger partial charge in [0, 0.05) is 19.0 Å². The first-order valence-corrected chi connectivity index (χ1v) is 8.86. The van der Waals surface area contributed by atoms with Gasteiger partial charge in [0.05, 0.1) is 12.0 Å². The Bertz CT molecular complexity index is 698. The van der Waals surface area contributed by atoms with Crippen molar-refractivity contribution < 1.29 is 14.3 Å². The fourth-order valence-corrected chi connectivity index (χ4v) is 3.32. The topological polar surface area (TPSA) is 58.6 Å². The van der Waals surface area contributed by atoms with Crippen LogP contribution in [-0.2, 0) is 14.3 Å². The lowest BCUT2D eigenvalue weighted by Crippen LogP contribution is -2.41. The van der Waals surface area contributed by atoms with E-state index in [4.69, 9.17) is 4.74 Å². The number of imide groups is 1. The number of amides is 2. The van der Waals surface area contributed by atoms with Crippen LogP contribution in [0.2, 0.25) is 0 Å². The molecule has 2 saturated heterocycles. The van der Waals surface area contributed by atoms with E-state index in [1.807, 2.05) is 24.3 Å². The zero-order valence-electron chi connectivity index (χ0n) is 14.6. The number of likely N-dealkylation sites (N-methyl/N-ethyl adjacent to an activating group) is 1. The monoisotopic (exact) mass is 340 g/mol. The summed E-state index contributed by atoms with van der Waals surface area (Å²) in [6, 6.07) is 7.73. The van der Waals surface area contributed by atoms with E-state index in [0.29, 0.717) is 25.6 Å². The molecule has 2 amide bonds. The van der Waals surface area contributed by atoms with Crippen LogP contribution in [0.1, 0.15) is 42.7 Å². The average Bonchev–Trinajstić information content (AvgIpc) is 2.64. The molecule has 132 valence electrons. The molecule has 5 heteroatoms. The second-order valence-electron chi connectivity index (χ2n) is 6.57. The molecule has 0 bridgehead atoms. The van der Waals surface area contributed by atoms with E-state index in [9.17, 15) is 9.59 Å². The normalized spacial score (nSPS) is 21.8. The van der Waals surface area contributed by atoms with Crippen molar-refractivity contribution in [1.82, 2.24) is 10.2 Å². The number of nitrogens with zero attached hydrogens (tertiary/aromatic N) is 1. The number of nitrogens with one attached hydrogen (secondary N) is 1. The first-order valence-electron chi connectivity index (χ1n) is 8.86. The number of hydrogen-bond donors (Lipinski definition) is 1. The van der Waals surface area contributed by atoms with Crippen LogP contribution in [0, 0.1) is 11.8 Å². The smallest absolute Gasteiger partial charge is 0.236 e. The Kier molecular flexibility index (Phi) is 5.85. The molecule has 0 radical (unpaired) electrons. The number of benzene rings is 1. The number of rotatable bonds is 3. The molecular weight excluding hydrogens is 316 g/mol. The summed E-state index contributed by atoms with van der Waals surface area (Å²) in [5.74, 6) is 5.69. The van der Waals surface area contributed by atoms with Gasteiger partial charge in [-0.3, -0.25) is 14.5 Å². The van der Waals surface area contributed by atoms with Crippen molar-refractivity contribution in [1.29, 1.82) is 0 Å². The third kappa shape index (κ3) is 4.47. The summed E-state index contributed by atoms with van der Waals surface area (Å²) < 4.78 is 5.78. The lowest BCUT2D eigenvalue weighted by molar-refractivity contribution is -0.147. The lowest BCUT2D eigenvalue weighted by atomic mass is 9.89. The van der Waals surface area contributed by atoms with Gasteiger partial charge in [0.2, 0.25) is 11.8 Å². The number of carbonyl (C=O) groups excluding carboxylic acids is 2. The quantitative estimate of drug-likeness (QED) is 0.672. The van der Waals surface area contributed by atoms with E-state index in [2.05, 4.69) is 17.2 Å². The maximum absolute atomic E-state index is 12.3. The van der Waals surface area contributed by atoms with Crippen molar-refractivity contribution in [2.45, 2.75) is 37.7 Å². The van der Waals surface area contributed by atoms with Gasteiger partial charge in [-0.1, -0.05) is 24.0 Å². The molecule has 2 heterocycles. The second kappa shape index (κ2) is 8.28. The summed E-state index contributed by atoms with van der Waals surface area (Å²) in [7, 11) is 1.55. The molecule has 5 nitrogen and oxygen atoms in total. The van der Waals surface area contributed by atoms with Crippen LogP contribution in [0.3, 0.4) is 0 Å². The van der Waals surface area contributed by atoms with Crippen LogP contribution in [0.15, 0.2) is 24.3 Å². The molecular formula is C20H24N2O3. The van der Waals surface area contributed by atoms with Gasteiger partial charge in [0.1, 0.15) is 6.61 Å². The fourth-order valence-electron chi connectivity index (χ4n) is 3.32. The van der Waals surface area contributed by atoms with Gasteiger partial charge in [-0.05, 0) is 50.0 Å². The molecule has 25 heavy (non-hydrogen) atoms. The molecule has 0 aliphatic carbocycles. The zero-order valence-corrected chi connectivity index (χ0v) is 14.6. The van der Waals surface area contributed by atoms with E-state index in [0.717, 1.165) is 37.1 Å². The number of carbonyl (C=O) groups is 2. The van der Waals surface area contributed by atoms with E-state index < -0.39 is 0 Å². The third-order valence-electron chi connectivity index (χ3n) is 4.85. The van der Waals surface area contributed by atoms with Gasteiger partial charge in [-0.15, -0.1) is 0 Å². The van der Waals surface area contributed by atoms with E-state index >= 15 is 0 Å². The maximum atomic E-state index is 12.3. The highest BCUT2D eigenvalue weighted by Gasteiger charge is 2.32. The Morgan fingerprint density at radius 1 is 1.24 bits per heavy atom. The molecule has 0 aromatic heterocycles. The molecule has 1 aromatic carbocycles. The lowest BCUT2D eigenvalue weighted by Gasteiger charge is -2.27. The van der Waals surface area contributed by atoms with Crippen LogP contribution in [0.4, 0.5) is 0 Å². The third-order valence-corrected chi connectivity index (χ3v) is 4.85. The molecule has 1 atom stereocenters. The van der Waals surface area contributed by atoms with Crippen molar-refractivity contribution in [2.75, 3.05) is 26.7 Å². The van der Waals surface area contributed by atoms with Crippen molar-refractivity contribution in [2.24, 2.45) is 0 Å². The van der Waals surface area contributed by atoms with Gasteiger partial charge in [0.15, 0.2) is 0 Å². The van der Waals surface area contributed by atoms with Gasteiger partial charge in [-0.25, -0.2) is 0 Å². The summed E-state index contributed by atoms with van der Waals surface area (Å²) in [4.78, 5) is 25.2. The molecule has 0 saturated carbocycles. The SMILES string of the molecule is CN1C(=O)CCC(c2cccc(C#CCOC3CCNCC3)c2)C1=O. The molecule has 0 spiro atoms. The highest BCUT2D eigenvalue weighted by atomic mass is 16.5. The molecule has 3 rings (SSSR count). The van der Waals surface area contributed by atoms with Gasteiger partial charge in [0.25, 0.3) is 0 Å². The number of likely N-dealkylation sites (tertiary alicyclic amines) is 1. The highest BCUT2D eigenvalue weighted by Crippen LogP contribution is 2.28. The van der Waals surface area contributed by atoms with Crippen molar-refractivity contribution >= 4 is 11.8 Å². The summed E-state index contributed by atoms with van der Waals surface area (Å²) in [5, 5.41) is 3.31. The highest BCUT2D eigenvalue weighted by molar-refractivity contribution is 6.00. The Balaban J connectivity index is 1.61. The predicted octanol–water partition coefficient (Wildman–Crippen LogP) is 1.67. The first kappa shape index (κ1) is 17.7. The molecule has 2 fully saturated rings.